The fourth-order valence-corrected chi connectivity index (χ4v) is 6.02. The van der Waals surface area contributed by atoms with E-state index in [1.165, 1.54) is 43.0 Å². The normalized spacial score (nSPS) is 11.3. The van der Waals surface area contributed by atoms with Crippen molar-refractivity contribution in [3.63, 3.8) is 0 Å². The Kier molecular flexibility index (Phi) is 6.56. The molecule has 0 radical (unpaired) electrons. The lowest BCUT2D eigenvalue weighted by molar-refractivity contribution is 1.40. The maximum atomic E-state index is 5.30. The lowest BCUT2D eigenvalue weighted by atomic mass is 9.94. The molecular weight excluding hydrogens is 478 g/mol. The highest BCUT2D eigenvalue weighted by molar-refractivity contribution is 7.19. The van der Waals surface area contributed by atoms with E-state index in [2.05, 4.69) is 135 Å². The molecule has 0 spiro atoms. The van der Waals surface area contributed by atoms with Crippen LogP contribution in [0.3, 0.4) is 0 Å². The summed E-state index contributed by atoms with van der Waals surface area (Å²) < 4.78 is 1.21. The van der Waals surface area contributed by atoms with Gasteiger partial charge in [-0.1, -0.05) is 116 Å². The Morgan fingerprint density at radius 1 is 0.632 bits per heavy atom. The molecule has 0 saturated heterocycles. The minimum absolute atomic E-state index is 0.970. The van der Waals surface area contributed by atoms with Crippen molar-refractivity contribution in [2.45, 2.75) is 6.92 Å². The number of allylic oxidation sites excluding steroid dienone is 2. The van der Waals surface area contributed by atoms with Crippen molar-refractivity contribution in [1.29, 1.82) is 0 Å². The molecule has 0 aliphatic heterocycles. The molecule has 0 fully saturated rings. The first-order chi connectivity index (χ1) is 18.7. The Morgan fingerprint density at radius 3 is 1.71 bits per heavy atom. The number of hydrogen-bond acceptors (Lipinski definition) is 2. The summed E-state index contributed by atoms with van der Waals surface area (Å²) in [6.07, 6.45) is 5.94. The molecule has 38 heavy (non-hydrogen) atoms. The van der Waals surface area contributed by atoms with Gasteiger partial charge < -0.3 is 0 Å². The van der Waals surface area contributed by atoms with Crippen LogP contribution >= 0.6 is 11.3 Å². The smallest absolute Gasteiger partial charge is 0.0898 e. The van der Waals surface area contributed by atoms with Gasteiger partial charge in [0, 0.05) is 21.6 Å². The highest BCUT2D eigenvalue weighted by atomic mass is 32.1. The maximum Gasteiger partial charge on any atom is 0.0898 e. The zero-order valence-corrected chi connectivity index (χ0v) is 22.1. The topological polar surface area (TPSA) is 12.9 Å². The molecule has 6 aromatic rings. The third-order valence-corrected chi connectivity index (χ3v) is 7.93. The van der Waals surface area contributed by atoms with Crippen molar-refractivity contribution in [3.8, 4) is 44.6 Å². The molecule has 0 bridgehead atoms. The van der Waals surface area contributed by atoms with E-state index in [0.717, 1.165) is 22.3 Å². The van der Waals surface area contributed by atoms with Crippen molar-refractivity contribution in [2.24, 2.45) is 0 Å². The summed E-state index contributed by atoms with van der Waals surface area (Å²) in [7, 11) is 0. The Labute approximate surface area is 228 Å². The number of benzene rings is 4. The third kappa shape index (κ3) is 4.63. The van der Waals surface area contributed by atoms with Gasteiger partial charge in [0.1, 0.15) is 0 Å². The minimum Gasteiger partial charge on any atom is -0.246 e. The molecule has 0 atom stereocenters. The Morgan fingerprint density at radius 2 is 1.16 bits per heavy atom. The molecule has 1 nitrogen and oxygen atoms in total. The second-order valence-corrected chi connectivity index (χ2v) is 10.5. The van der Waals surface area contributed by atoms with Crippen LogP contribution < -0.4 is 0 Å². The standard InChI is InChI=1S/C36H27NS/c1-3-4-20-32-25(2)38-36-33(28-18-12-7-13-19-28)24-34(37-35(32)36)31-22-29(26-14-8-5-9-15-26)21-30(23-31)27-16-10-6-11-17-27/h3-24H,1H2,2H3/b20-4-. The summed E-state index contributed by atoms with van der Waals surface area (Å²) in [5, 5.41) is 0. The monoisotopic (exact) mass is 505 g/mol. The molecule has 0 amide bonds. The van der Waals surface area contributed by atoms with Crippen LogP contribution in [0.15, 0.2) is 134 Å². The van der Waals surface area contributed by atoms with Gasteiger partial charge in [0.15, 0.2) is 0 Å². The van der Waals surface area contributed by atoms with Crippen LogP contribution in [0.4, 0.5) is 0 Å². The number of aromatic nitrogens is 1. The van der Waals surface area contributed by atoms with E-state index in [4.69, 9.17) is 4.98 Å². The average molecular weight is 506 g/mol. The lowest BCUT2D eigenvalue weighted by Crippen LogP contribution is -1.91. The first kappa shape index (κ1) is 23.8. The van der Waals surface area contributed by atoms with Crippen molar-refractivity contribution < 1.29 is 0 Å². The molecule has 0 aliphatic rings. The van der Waals surface area contributed by atoms with E-state index in [9.17, 15) is 0 Å². The first-order valence-electron chi connectivity index (χ1n) is 12.8. The van der Waals surface area contributed by atoms with Gasteiger partial charge in [-0.05, 0) is 59.0 Å². The molecule has 0 aliphatic carbocycles. The number of rotatable bonds is 6. The molecular formula is C36H27NS. The fraction of sp³-hybridized carbons (Fsp3) is 0.0278. The van der Waals surface area contributed by atoms with Gasteiger partial charge in [0.05, 0.1) is 15.9 Å². The Hall–Kier alpha value is -4.53. The van der Waals surface area contributed by atoms with Crippen LogP contribution in [0.1, 0.15) is 10.4 Å². The molecule has 2 heterocycles. The van der Waals surface area contributed by atoms with Gasteiger partial charge >= 0.3 is 0 Å². The highest BCUT2D eigenvalue weighted by Gasteiger charge is 2.17. The quantitative estimate of drug-likeness (QED) is 0.205. The number of thiophene rings is 1. The predicted molar refractivity (Wildman–Crippen MR) is 165 cm³/mol. The summed E-state index contributed by atoms with van der Waals surface area (Å²) in [6, 6.07) is 40.9. The van der Waals surface area contributed by atoms with Gasteiger partial charge in [0.25, 0.3) is 0 Å². The van der Waals surface area contributed by atoms with Crippen LogP contribution in [-0.4, -0.2) is 4.98 Å². The van der Waals surface area contributed by atoms with E-state index in [-0.39, 0.29) is 0 Å². The van der Waals surface area contributed by atoms with Gasteiger partial charge in [-0.3, -0.25) is 0 Å². The summed E-state index contributed by atoms with van der Waals surface area (Å²) in [5.74, 6) is 0. The van der Waals surface area contributed by atoms with Crippen molar-refractivity contribution in [3.05, 3.63) is 144 Å². The summed E-state index contributed by atoms with van der Waals surface area (Å²) in [5.41, 5.74) is 11.4. The molecule has 182 valence electrons. The molecule has 0 saturated carbocycles. The van der Waals surface area contributed by atoms with Gasteiger partial charge in [0.2, 0.25) is 0 Å². The average Bonchev–Trinajstić information content (AvgIpc) is 3.31. The first-order valence-corrected chi connectivity index (χ1v) is 13.6. The van der Waals surface area contributed by atoms with E-state index in [1.807, 2.05) is 12.2 Å². The summed E-state index contributed by atoms with van der Waals surface area (Å²) in [6.45, 7) is 6.05. The van der Waals surface area contributed by atoms with Crippen LogP contribution in [0.2, 0.25) is 0 Å². The van der Waals surface area contributed by atoms with E-state index >= 15 is 0 Å². The largest absolute Gasteiger partial charge is 0.246 e. The van der Waals surface area contributed by atoms with Gasteiger partial charge in [-0.2, -0.15) is 0 Å². The second kappa shape index (κ2) is 10.5. The SMILES string of the molecule is C=C/C=C\c1c(C)sc2c(-c3ccccc3)cc(-c3cc(-c4ccccc4)cc(-c4ccccc4)c3)nc12. The van der Waals surface area contributed by atoms with Crippen molar-refractivity contribution in [1.82, 2.24) is 4.98 Å². The van der Waals surface area contributed by atoms with Gasteiger partial charge in [-0.15, -0.1) is 11.3 Å². The Balaban J connectivity index is 1.64. The highest BCUT2D eigenvalue weighted by Crippen LogP contribution is 2.41. The molecule has 6 rings (SSSR count). The van der Waals surface area contributed by atoms with Crippen molar-refractivity contribution in [2.75, 3.05) is 0 Å². The van der Waals surface area contributed by atoms with Crippen LogP contribution in [0, 0.1) is 6.92 Å². The zero-order valence-electron chi connectivity index (χ0n) is 21.3. The Bertz CT molecular complexity index is 1700. The lowest BCUT2D eigenvalue weighted by Gasteiger charge is -2.13. The molecule has 0 N–H and O–H groups in total. The van der Waals surface area contributed by atoms with Crippen molar-refractivity contribution >= 4 is 27.6 Å². The number of hydrogen-bond donors (Lipinski definition) is 0. The number of aryl methyl sites for hydroxylation is 1. The van der Waals surface area contributed by atoms with E-state index in [0.29, 0.717) is 0 Å². The molecule has 2 heteroatoms. The predicted octanol–water partition coefficient (Wildman–Crippen LogP) is 10.5. The minimum atomic E-state index is 0.970. The molecule has 0 unspecified atom stereocenters. The van der Waals surface area contributed by atoms with E-state index < -0.39 is 0 Å². The van der Waals surface area contributed by atoms with Crippen LogP contribution in [0.25, 0.3) is 60.9 Å². The molecule has 2 aromatic heterocycles. The maximum absolute atomic E-state index is 5.30. The number of fused-ring (bicyclic) bond motifs is 1. The second-order valence-electron chi connectivity index (χ2n) is 9.30. The fourth-order valence-electron chi connectivity index (χ4n) is 4.90. The third-order valence-electron chi connectivity index (χ3n) is 6.79. The van der Waals surface area contributed by atoms with Crippen LogP contribution in [0.5, 0.6) is 0 Å². The number of pyridine rings is 1. The van der Waals surface area contributed by atoms with Gasteiger partial charge in [-0.25, -0.2) is 4.98 Å². The van der Waals surface area contributed by atoms with Crippen LogP contribution in [-0.2, 0) is 0 Å². The summed E-state index contributed by atoms with van der Waals surface area (Å²) in [4.78, 5) is 6.55. The molecule has 4 aromatic carbocycles. The zero-order chi connectivity index (χ0) is 25.9. The summed E-state index contributed by atoms with van der Waals surface area (Å²) >= 11 is 1.81. The van der Waals surface area contributed by atoms with E-state index in [1.54, 1.807) is 11.3 Å². The number of nitrogens with zero attached hydrogens (tertiary/aromatic N) is 1.